The zero-order valence-corrected chi connectivity index (χ0v) is 25.5. The monoisotopic (exact) mass is 578 g/mol. The van der Waals surface area contributed by atoms with Crippen molar-refractivity contribution in [1.82, 2.24) is 10.2 Å². The molecule has 0 amide bonds. The van der Waals surface area contributed by atoms with Crippen LogP contribution in [0, 0.1) is 11.8 Å². The summed E-state index contributed by atoms with van der Waals surface area (Å²) in [5.74, 6) is -2.78. The molecule has 0 spiro atoms. The second-order valence-corrected chi connectivity index (χ2v) is 12.5. The van der Waals surface area contributed by atoms with Gasteiger partial charge in [-0.2, -0.15) is 0 Å². The number of aliphatic hydroxyl groups is 6. The van der Waals surface area contributed by atoms with E-state index in [2.05, 4.69) is 5.32 Å². The van der Waals surface area contributed by atoms with E-state index in [1.54, 1.807) is 39.8 Å². The molecule has 0 aromatic heterocycles. The van der Waals surface area contributed by atoms with Crippen LogP contribution >= 0.6 is 0 Å². The molecular weight excluding hydrogens is 524 g/mol. The van der Waals surface area contributed by atoms with Crippen LogP contribution in [0.4, 0.5) is 0 Å². The maximum atomic E-state index is 13.2. The number of β-amino-alcohol motifs (C(OH)–C–C–N with tert-alkyl or cyclic N) is 1. The molecule has 0 bridgehead atoms. The third-order valence-electron chi connectivity index (χ3n) is 8.99. The van der Waals surface area contributed by atoms with E-state index in [0.29, 0.717) is 6.42 Å². The highest BCUT2D eigenvalue weighted by Crippen LogP contribution is 2.35. The SMILES string of the molecule is CC[C@H]1OC(=O)[C@H](C)[C@@H](O)[C@H](C)[C@@H](O[C@@H]2O[C@H](C)C[C@H](NC)[C@H]2O)[C@](C)(O)C[C@@H](O)CN(C)[C@H](C)[C@@H](O)[C@]1(C)O. The zero-order chi connectivity index (χ0) is 30.7. The molecule has 2 rings (SSSR count). The minimum absolute atomic E-state index is 0.0303. The highest BCUT2D eigenvalue weighted by atomic mass is 16.7. The lowest BCUT2D eigenvalue weighted by atomic mass is 9.79. The Bertz CT molecular complexity index is 814. The fourth-order valence-corrected chi connectivity index (χ4v) is 6.15. The van der Waals surface area contributed by atoms with Crippen LogP contribution in [0.15, 0.2) is 0 Å². The number of aliphatic hydroxyl groups excluding tert-OH is 4. The molecule has 0 unspecified atom stereocenters. The molecule has 2 saturated heterocycles. The molecule has 0 radical (unpaired) electrons. The van der Waals surface area contributed by atoms with Crippen LogP contribution in [0.2, 0.25) is 0 Å². The number of nitrogens with zero attached hydrogens (tertiary/aromatic N) is 1. The number of esters is 1. The topological polar surface area (TPSA) is 181 Å². The molecule has 2 aliphatic rings. The average molecular weight is 579 g/mol. The molecule has 2 aliphatic heterocycles. The smallest absolute Gasteiger partial charge is 0.311 e. The summed E-state index contributed by atoms with van der Waals surface area (Å²) in [6.45, 7) is 11.2. The van der Waals surface area contributed by atoms with Gasteiger partial charge in [-0.1, -0.05) is 13.8 Å². The van der Waals surface area contributed by atoms with E-state index in [0.717, 1.165) is 0 Å². The Hall–Kier alpha value is -0.930. The Kier molecular flexibility index (Phi) is 12.4. The van der Waals surface area contributed by atoms with E-state index in [1.165, 1.54) is 20.8 Å². The number of carbonyl (C=O) groups excluding carboxylic acids is 1. The average Bonchev–Trinajstić information content (AvgIpc) is 2.88. The summed E-state index contributed by atoms with van der Waals surface area (Å²) in [5, 5.41) is 70.3. The zero-order valence-electron chi connectivity index (χ0n) is 25.5. The Balaban J connectivity index is 2.51. The lowest BCUT2D eigenvalue weighted by Crippen LogP contribution is -2.59. The number of ether oxygens (including phenoxy) is 3. The normalized spacial score (nSPS) is 49.1. The largest absolute Gasteiger partial charge is 0.459 e. The first-order valence-electron chi connectivity index (χ1n) is 14.4. The minimum atomic E-state index is -1.83. The van der Waals surface area contributed by atoms with E-state index in [9.17, 15) is 35.4 Å². The van der Waals surface area contributed by atoms with Crippen LogP contribution in [0.5, 0.6) is 0 Å². The summed E-state index contributed by atoms with van der Waals surface area (Å²) in [5.41, 5.74) is -3.58. The molecule has 0 aliphatic carbocycles. The summed E-state index contributed by atoms with van der Waals surface area (Å²) >= 11 is 0. The second-order valence-electron chi connectivity index (χ2n) is 12.5. The molecule has 2 fully saturated rings. The fourth-order valence-electron chi connectivity index (χ4n) is 6.15. The molecule has 0 saturated carbocycles. The van der Waals surface area contributed by atoms with Gasteiger partial charge >= 0.3 is 5.97 Å². The number of rotatable bonds is 4. The van der Waals surface area contributed by atoms with Crippen LogP contribution in [0.1, 0.15) is 67.7 Å². The van der Waals surface area contributed by atoms with E-state index in [-0.39, 0.29) is 31.5 Å². The molecule has 236 valence electrons. The molecule has 0 aromatic rings. The molecule has 7 N–H and O–H groups in total. The molecule has 14 atom stereocenters. The predicted octanol–water partition coefficient (Wildman–Crippen LogP) is -0.642. The molecule has 0 aromatic carbocycles. The summed E-state index contributed by atoms with van der Waals surface area (Å²) in [6.07, 6.45) is -8.03. The van der Waals surface area contributed by atoms with Gasteiger partial charge in [0.25, 0.3) is 0 Å². The first kappa shape index (κ1) is 35.3. The molecular formula is C28H54N2O10. The number of likely N-dealkylation sites (N-methyl/N-ethyl adjacent to an activating group) is 2. The second kappa shape index (κ2) is 14.0. The van der Waals surface area contributed by atoms with Gasteiger partial charge in [0.15, 0.2) is 6.29 Å². The van der Waals surface area contributed by atoms with Gasteiger partial charge in [-0.3, -0.25) is 9.69 Å². The van der Waals surface area contributed by atoms with Gasteiger partial charge < -0.3 is 50.2 Å². The third kappa shape index (κ3) is 7.91. The maximum Gasteiger partial charge on any atom is 0.311 e. The Labute approximate surface area is 238 Å². The predicted molar refractivity (Wildman–Crippen MR) is 147 cm³/mol. The Morgan fingerprint density at radius 1 is 1.07 bits per heavy atom. The van der Waals surface area contributed by atoms with Crippen molar-refractivity contribution in [2.24, 2.45) is 11.8 Å². The van der Waals surface area contributed by atoms with Gasteiger partial charge in [-0.25, -0.2) is 0 Å². The lowest BCUT2D eigenvalue weighted by molar-refractivity contribution is -0.294. The van der Waals surface area contributed by atoms with E-state index < -0.39 is 78.0 Å². The summed E-state index contributed by atoms with van der Waals surface area (Å²) in [4.78, 5) is 14.9. The van der Waals surface area contributed by atoms with Crippen LogP contribution in [-0.2, 0) is 19.0 Å². The minimum Gasteiger partial charge on any atom is -0.459 e. The molecule has 40 heavy (non-hydrogen) atoms. The fraction of sp³-hybridized carbons (Fsp3) is 0.964. The first-order valence-corrected chi connectivity index (χ1v) is 14.4. The third-order valence-corrected chi connectivity index (χ3v) is 8.99. The summed E-state index contributed by atoms with van der Waals surface area (Å²) in [6, 6.07) is -0.992. The Morgan fingerprint density at radius 3 is 2.23 bits per heavy atom. The van der Waals surface area contributed by atoms with E-state index in [1.807, 2.05) is 6.92 Å². The Morgan fingerprint density at radius 2 is 1.68 bits per heavy atom. The standard InChI is InChI=1S/C28H54N2O10/c1-10-20-28(7,37)23(34)17(5)30(9)13-18(31)12-27(6,36)24(15(3)21(32)16(4)25(35)39-20)40-26-22(33)19(29-8)11-14(2)38-26/h14-24,26,29,31-34,36-37H,10-13H2,1-9H3/t14-,15+,16-,17-,18-,19+,20-,21+,22-,23-,24-,26+,27-,28-/m1/s1. The molecule has 12 heteroatoms. The van der Waals surface area contributed by atoms with Crippen LogP contribution in [-0.4, -0.2) is 134 Å². The van der Waals surface area contributed by atoms with E-state index in [4.69, 9.17) is 14.2 Å². The highest BCUT2D eigenvalue weighted by molar-refractivity contribution is 5.73. The van der Waals surface area contributed by atoms with Crippen LogP contribution < -0.4 is 5.32 Å². The van der Waals surface area contributed by atoms with Crippen molar-refractivity contribution in [2.45, 2.75) is 140 Å². The van der Waals surface area contributed by atoms with Gasteiger partial charge in [-0.05, 0) is 61.6 Å². The summed E-state index contributed by atoms with van der Waals surface area (Å²) in [7, 11) is 3.38. The van der Waals surface area contributed by atoms with Gasteiger partial charge in [-0.15, -0.1) is 0 Å². The quantitative estimate of drug-likeness (QED) is 0.210. The van der Waals surface area contributed by atoms with Crippen LogP contribution in [0.25, 0.3) is 0 Å². The van der Waals surface area contributed by atoms with Crippen molar-refractivity contribution in [3.63, 3.8) is 0 Å². The number of nitrogens with one attached hydrogen (secondary N) is 1. The first-order chi connectivity index (χ1) is 18.4. The van der Waals surface area contributed by atoms with Gasteiger partial charge in [0, 0.05) is 31.0 Å². The van der Waals surface area contributed by atoms with Crippen LogP contribution in [0.3, 0.4) is 0 Å². The summed E-state index contributed by atoms with van der Waals surface area (Å²) < 4.78 is 17.7. The lowest BCUT2D eigenvalue weighted by Gasteiger charge is -2.45. The molecule has 2 heterocycles. The van der Waals surface area contributed by atoms with Gasteiger partial charge in [0.05, 0.1) is 35.9 Å². The van der Waals surface area contributed by atoms with E-state index >= 15 is 0 Å². The van der Waals surface area contributed by atoms with Crippen molar-refractivity contribution in [1.29, 1.82) is 0 Å². The van der Waals surface area contributed by atoms with Crippen molar-refractivity contribution in [3.8, 4) is 0 Å². The van der Waals surface area contributed by atoms with Gasteiger partial charge in [0.2, 0.25) is 0 Å². The van der Waals surface area contributed by atoms with Crippen molar-refractivity contribution in [3.05, 3.63) is 0 Å². The number of cyclic esters (lactones) is 1. The molecule has 12 nitrogen and oxygen atoms in total. The maximum absolute atomic E-state index is 13.2. The number of hydrogen-bond donors (Lipinski definition) is 7. The highest BCUT2D eigenvalue weighted by Gasteiger charge is 2.49. The number of carbonyl (C=O) groups is 1. The van der Waals surface area contributed by atoms with Crippen molar-refractivity contribution < 1.29 is 49.6 Å². The van der Waals surface area contributed by atoms with Crippen molar-refractivity contribution in [2.75, 3.05) is 20.6 Å². The number of hydrogen-bond acceptors (Lipinski definition) is 12. The van der Waals surface area contributed by atoms with Crippen molar-refractivity contribution >= 4 is 5.97 Å². The van der Waals surface area contributed by atoms with Gasteiger partial charge in [0.1, 0.15) is 23.9 Å².